The van der Waals surface area contributed by atoms with E-state index < -0.39 is 0 Å². The summed E-state index contributed by atoms with van der Waals surface area (Å²) in [6.07, 6.45) is 0. The molecular weight excluding hydrogens is 627 g/mol. The molecule has 0 radical (unpaired) electrons. The number of hydrogen-bond donors (Lipinski definition) is 0. The molecular formula is C46H25N3O2. The van der Waals surface area contributed by atoms with Gasteiger partial charge < -0.3 is 13.4 Å². The molecule has 4 aromatic heterocycles. The molecule has 11 rings (SSSR count). The van der Waals surface area contributed by atoms with E-state index in [1.54, 1.807) is 0 Å². The molecule has 0 aliphatic carbocycles. The average molecular weight is 652 g/mol. The van der Waals surface area contributed by atoms with Crippen LogP contribution in [-0.2, 0) is 0 Å². The van der Waals surface area contributed by atoms with Gasteiger partial charge in [0.15, 0.2) is 0 Å². The number of para-hydroxylation sites is 3. The van der Waals surface area contributed by atoms with Crippen molar-refractivity contribution in [2.75, 3.05) is 0 Å². The molecule has 0 N–H and O–H groups in total. The summed E-state index contributed by atoms with van der Waals surface area (Å²) in [7, 11) is 0. The van der Waals surface area contributed by atoms with Crippen molar-refractivity contribution >= 4 is 76.6 Å². The summed E-state index contributed by atoms with van der Waals surface area (Å²) in [5.41, 5.74) is 12.1. The third-order valence-corrected chi connectivity index (χ3v) is 10.2. The Kier molecular flexibility index (Phi) is 5.67. The van der Waals surface area contributed by atoms with E-state index >= 15 is 0 Å². The Labute approximate surface area is 290 Å². The molecule has 0 fully saturated rings. The van der Waals surface area contributed by atoms with E-state index in [9.17, 15) is 5.26 Å². The van der Waals surface area contributed by atoms with Crippen LogP contribution < -0.4 is 0 Å². The van der Waals surface area contributed by atoms with Crippen molar-refractivity contribution in [3.63, 3.8) is 0 Å². The van der Waals surface area contributed by atoms with Crippen LogP contribution in [0, 0.1) is 11.3 Å². The van der Waals surface area contributed by atoms with Crippen molar-refractivity contribution in [1.29, 1.82) is 5.26 Å². The lowest BCUT2D eigenvalue weighted by Gasteiger charge is -2.10. The lowest BCUT2D eigenvalue weighted by atomic mass is 9.97. The van der Waals surface area contributed by atoms with Crippen molar-refractivity contribution in [1.82, 2.24) is 9.55 Å². The zero-order chi connectivity index (χ0) is 33.6. The molecule has 5 heteroatoms. The second-order valence-corrected chi connectivity index (χ2v) is 13.0. The van der Waals surface area contributed by atoms with E-state index in [1.807, 2.05) is 78.9 Å². The summed E-state index contributed by atoms with van der Waals surface area (Å²) in [4.78, 5) is 5.33. The maximum atomic E-state index is 9.68. The summed E-state index contributed by atoms with van der Waals surface area (Å²) >= 11 is 0. The van der Waals surface area contributed by atoms with Crippen molar-refractivity contribution in [3.8, 4) is 34.1 Å². The fourth-order valence-corrected chi connectivity index (χ4v) is 7.92. The van der Waals surface area contributed by atoms with Gasteiger partial charge in [0, 0.05) is 38.2 Å². The lowest BCUT2D eigenvalue weighted by Crippen LogP contribution is -1.93. The minimum Gasteiger partial charge on any atom is -0.456 e. The predicted octanol–water partition coefficient (Wildman–Crippen LogP) is 12.3. The highest BCUT2D eigenvalue weighted by Gasteiger charge is 2.22. The highest BCUT2D eigenvalue weighted by Crippen LogP contribution is 2.44. The van der Waals surface area contributed by atoms with Crippen LogP contribution in [-0.4, -0.2) is 9.55 Å². The van der Waals surface area contributed by atoms with Gasteiger partial charge in [-0.2, -0.15) is 5.26 Å². The van der Waals surface area contributed by atoms with E-state index in [2.05, 4.69) is 83.4 Å². The largest absolute Gasteiger partial charge is 0.456 e. The first-order valence-electron chi connectivity index (χ1n) is 16.9. The van der Waals surface area contributed by atoms with Crippen molar-refractivity contribution in [2.45, 2.75) is 0 Å². The number of hydrogen-bond acceptors (Lipinski definition) is 4. The summed E-state index contributed by atoms with van der Waals surface area (Å²) in [6.45, 7) is 0. The molecule has 0 aliphatic rings. The first-order chi connectivity index (χ1) is 25.2. The summed E-state index contributed by atoms with van der Waals surface area (Å²) < 4.78 is 15.2. The van der Waals surface area contributed by atoms with Crippen LogP contribution in [0.25, 0.3) is 105 Å². The fourth-order valence-electron chi connectivity index (χ4n) is 7.92. The van der Waals surface area contributed by atoms with Gasteiger partial charge in [0.2, 0.25) is 0 Å². The summed E-state index contributed by atoms with van der Waals surface area (Å²) in [5, 5.41) is 17.0. The molecule has 4 heterocycles. The Bertz CT molecular complexity index is 3250. The van der Waals surface area contributed by atoms with Gasteiger partial charge >= 0.3 is 0 Å². The monoisotopic (exact) mass is 651 g/mol. The molecule has 0 spiro atoms. The van der Waals surface area contributed by atoms with E-state index in [1.165, 1.54) is 0 Å². The minimum absolute atomic E-state index is 0.641. The molecule has 0 unspecified atom stereocenters. The standard InChI is InChI=1S/C46H25N3O2/c47-26-27-14-20-32-35-25-30(19-22-37(35)49(38(32)24-27)31-8-2-1-3-9-31)28-15-17-29(18-16-28)45-43-34-11-5-7-13-40(34)51-46(43)44-36(48-45)21-23-41-42(44)33-10-4-6-12-39(33)50-41/h1-25H. The average Bonchev–Trinajstić information content (AvgIpc) is 3.87. The van der Waals surface area contributed by atoms with Crippen molar-refractivity contribution in [3.05, 3.63) is 157 Å². The highest BCUT2D eigenvalue weighted by atomic mass is 16.3. The molecule has 0 aliphatic heterocycles. The Morgan fingerprint density at radius 2 is 1.20 bits per heavy atom. The molecule has 0 amide bonds. The third kappa shape index (κ3) is 3.99. The second-order valence-electron chi connectivity index (χ2n) is 13.0. The number of rotatable bonds is 3. The molecule has 236 valence electrons. The molecule has 7 aromatic carbocycles. The third-order valence-electron chi connectivity index (χ3n) is 10.2. The van der Waals surface area contributed by atoms with E-state index in [0.29, 0.717) is 5.56 Å². The van der Waals surface area contributed by atoms with Crippen LogP contribution in [0.15, 0.2) is 160 Å². The van der Waals surface area contributed by atoms with Gasteiger partial charge in [-0.05, 0) is 71.8 Å². The van der Waals surface area contributed by atoms with Crippen LogP contribution in [0.2, 0.25) is 0 Å². The van der Waals surface area contributed by atoms with E-state index in [0.717, 1.165) is 105 Å². The highest BCUT2D eigenvalue weighted by molar-refractivity contribution is 6.29. The van der Waals surface area contributed by atoms with Gasteiger partial charge in [-0.3, -0.25) is 0 Å². The molecule has 0 bridgehead atoms. The van der Waals surface area contributed by atoms with Crippen molar-refractivity contribution in [2.24, 2.45) is 0 Å². The maximum absolute atomic E-state index is 9.68. The van der Waals surface area contributed by atoms with Gasteiger partial charge in [0.25, 0.3) is 0 Å². The van der Waals surface area contributed by atoms with Gasteiger partial charge in [-0.1, -0.05) is 91.0 Å². The number of fused-ring (bicyclic) bond motifs is 12. The van der Waals surface area contributed by atoms with Gasteiger partial charge in [-0.25, -0.2) is 4.98 Å². The number of benzene rings is 7. The maximum Gasteiger partial charge on any atom is 0.147 e. The minimum atomic E-state index is 0.641. The van der Waals surface area contributed by atoms with Crippen LogP contribution in [0.1, 0.15) is 5.56 Å². The first kappa shape index (κ1) is 27.8. The molecule has 11 aromatic rings. The van der Waals surface area contributed by atoms with Gasteiger partial charge in [0.1, 0.15) is 22.3 Å². The molecule has 0 atom stereocenters. The zero-order valence-electron chi connectivity index (χ0n) is 27.1. The Hall–Kier alpha value is -7.16. The Morgan fingerprint density at radius 1 is 0.490 bits per heavy atom. The van der Waals surface area contributed by atoms with Crippen LogP contribution in [0.5, 0.6) is 0 Å². The number of nitrogens with zero attached hydrogens (tertiary/aromatic N) is 3. The number of furan rings is 2. The van der Waals surface area contributed by atoms with E-state index in [4.69, 9.17) is 13.8 Å². The zero-order valence-corrected chi connectivity index (χ0v) is 27.1. The summed E-state index contributed by atoms with van der Waals surface area (Å²) in [5.74, 6) is 0. The Balaban J connectivity index is 1.10. The predicted molar refractivity (Wildman–Crippen MR) is 206 cm³/mol. The van der Waals surface area contributed by atoms with Crippen LogP contribution in [0.3, 0.4) is 0 Å². The first-order valence-corrected chi connectivity index (χ1v) is 16.9. The number of aromatic nitrogens is 2. The SMILES string of the molecule is N#Cc1ccc2c3cc(-c4ccc(-c5nc6ccc7oc8ccccc8c7c6c6oc7ccccc7c56)cc4)ccc3n(-c3ccccc3)c2c1. The van der Waals surface area contributed by atoms with Gasteiger partial charge in [-0.15, -0.1) is 0 Å². The number of pyridine rings is 1. The van der Waals surface area contributed by atoms with E-state index in [-0.39, 0.29) is 0 Å². The van der Waals surface area contributed by atoms with Crippen LogP contribution in [0.4, 0.5) is 0 Å². The Morgan fingerprint density at radius 3 is 2.00 bits per heavy atom. The van der Waals surface area contributed by atoms with Crippen molar-refractivity contribution < 1.29 is 8.83 Å². The lowest BCUT2D eigenvalue weighted by molar-refractivity contribution is 0.667. The normalized spacial score (nSPS) is 11.9. The smallest absolute Gasteiger partial charge is 0.147 e. The quantitative estimate of drug-likeness (QED) is 0.191. The second kappa shape index (κ2) is 10.4. The molecule has 0 saturated carbocycles. The summed E-state index contributed by atoms with van der Waals surface area (Å²) in [6, 6.07) is 54.2. The molecule has 5 nitrogen and oxygen atoms in total. The molecule has 0 saturated heterocycles. The van der Waals surface area contributed by atoms with Gasteiger partial charge in [0.05, 0.1) is 44.6 Å². The molecule has 51 heavy (non-hydrogen) atoms. The topological polar surface area (TPSA) is 67.9 Å². The van der Waals surface area contributed by atoms with Crippen LogP contribution >= 0.6 is 0 Å². The number of nitriles is 1. The fraction of sp³-hybridized carbons (Fsp3) is 0.